The van der Waals surface area contributed by atoms with Crippen LogP contribution in [0.1, 0.15) is 51.9 Å². The molecule has 4 aliphatic carbocycles. The molecular formula is C19H28O4. The smallest absolute Gasteiger partial charge is 0.306 e. The van der Waals surface area contributed by atoms with Crippen LogP contribution in [0.5, 0.6) is 0 Å². The van der Waals surface area contributed by atoms with E-state index in [1.54, 1.807) is 0 Å². The molecule has 3 N–H and O–H groups in total. The van der Waals surface area contributed by atoms with Crippen molar-refractivity contribution >= 4 is 5.97 Å². The Morgan fingerprint density at radius 1 is 1.22 bits per heavy atom. The molecule has 0 aliphatic heterocycles. The second-order valence-corrected chi connectivity index (χ2v) is 8.93. The van der Waals surface area contributed by atoms with E-state index in [1.165, 1.54) is 0 Å². The maximum Gasteiger partial charge on any atom is 0.306 e. The Morgan fingerprint density at radius 2 is 1.96 bits per heavy atom. The topological polar surface area (TPSA) is 77.8 Å². The van der Waals surface area contributed by atoms with Gasteiger partial charge in [-0.25, -0.2) is 0 Å². The van der Waals surface area contributed by atoms with Crippen molar-refractivity contribution in [3.63, 3.8) is 0 Å². The first kappa shape index (κ1) is 15.6. The molecule has 2 bridgehead atoms. The number of aliphatic hydroxyl groups is 2. The molecule has 0 aromatic heterocycles. The lowest BCUT2D eigenvalue weighted by molar-refractivity contribution is -0.184. The highest BCUT2D eigenvalue weighted by Gasteiger charge is 2.66. The molecule has 4 rings (SSSR count). The Bertz CT molecular complexity index is 558. The molecule has 4 aliphatic rings. The lowest BCUT2D eigenvalue weighted by Crippen LogP contribution is -2.59. The monoisotopic (exact) mass is 320 g/mol. The van der Waals surface area contributed by atoms with Crippen molar-refractivity contribution in [3.05, 3.63) is 12.2 Å². The van der Waals surface area contributed by atoms with Gasteiger partial charge in [-0.1, -0.05) is 13.5 Å². The molecule has 0 radical (unpaired) electrons. The van der Waals surface area contributed by atoms with Crippen LogP contribution in [0.4, 0.5) is 0 Å². The van der Waals surface area contributed by atoms with Crippen LogP contribution in [-0.2, 0) is 4.79 Å². The molecule has 1 spiro atoms. The summed E-state index contributed by atoms with van der Waals surface area (Å²) >= 11 is 0. The second-order valence-electron chi connectivity index (χ2n) is 8.93. The highest BCUT2D eigenvalue weighted by Crippen LogP contribution is 2.70. The van der Waals surface area contributed by atoms with Gasteiger partial charge in [0.05, 0.1) is 18.1 Å². The fourth-order valence-corrected chi connectivity index (χ4v) is 7.26. The summed E-state index contributed by atoms with van der Waals surface area (Å²) in [5, 5.41) is 30.9. The van der Waals surface area contributed by atoms with Crippen molar-refractivity contribution in [3.8, 4) is 0 Å². The normalized spacial score (nSPS) is 55.2. The molecule has 0 aromatic rings. The van der Waals surface area contributed by atoms with Crippen molar-refractivity contribution < 1.29 is 20.1 Å². The van der Waals surface area contributed by atoms with Gasteiger partial charge in [-0.3, -0.25) is 4.79 Å². The quantitative estimate of drug-likeness (QED) is 0.649. The van der Waals surface area contributed by atoms with E-state index in [2.05, 4.69) is 13.5 Å². The number of carboxylic acid groups (broad SMARTS) is 1. The molecule has 0 heterocycles. The zero-order chi connectivity index (χ0) is 16.6. The van der Waals surface area contributed by atoms with Gasteiger partial charge in [0.25, 0.3) is 0 Å². The number of aliphatic hydroxyl groups excluding tert-OH is 2. The van der Waals surface area contributed by atoms with E-state index in [0.29, 0.717) is 24.7 Å². The van der Waals surface area contributed by atoms with E-state index >= 15 is 0 Å². The SMILES string of the molecule is C=C1C2CCC3C4(C)CC(O)CC(C(=O)O)C4CCC3(C2)[C@H]1O. The predicted octanol–water partition coefficient (Wildman–Crippen LogP) is 2.59. The summed E-state index contributed by atoms with van der Waals surface area (Å²) in [5.74, 6) is -0.348. The molecule has 128 valence electrons. The third-order valence-corrected chi connectivity index (χ3v) is 8.11. The molecule has 4 heteroatoms. The molecule has 8 atom stereocenters. The molecule has 23 heavy (non-hydrogen) atoms. The van der Waals surface area contributed by atoms with Crippen LogP contribution in [-0.4, -0.2) is 33.5 Å². The summed E-state index contributed by atoms with van der Waals surface area (Å²) in [6, 6.07) is 0. The summed E-state index contributed by atoms with van der Waals surface area (Å²) in [7, 11) is 0. The number of fused-ring (bicyclic) bond motifs is 3. The van der Waals surface area contributed by atoms with Gasteiger partial charge in [-0.2, -0.15) is 0 Å². The first-order chi connectivity index (χ1) is 10.8. The van der Waals surface area contributed by atoms with Crippen LogP contribution in [0.2, 0.25) is 0 Å². The lowest BCUT2D eigenvalue weighted by Gasteiger charge is -2.62. The third kappa shape index (κ3) is 1.88. The summed E-state index contributed by atoms with van der Waals surface area (Å²) < 4.78 is 0. The average molecular weight is 320 g/mol. The van der Waals surface area contributed by atoms with Crippen LogP contribution in [0.25, 0.3) is 0 Å². The van der Waals surface area contributed by atoms with Gasteiger partial charge in [-0.15, -0.1) is 0 Å². The van der Waals surface area contributed by atoms with Gasteiger partial charge >= 0.3 is 5.97 Å². The van der Waals surface area contributed by atoms with Crippen LogP contribution >= 0.6 is 0 Å². The Labute approximate surface area is 137 Å². The van der Waals surface area contributed by atoms with Gasteiger partial charge in [-0.05, 0) is 73.7 Å². The number of rotatable bonds is 1. The lowest BCUT2D eigenvalue weighted by atomic mass is 9.43. The van der Waals surface area contributed by atoms with Crippen LogP contribution in [0, 0.1) is 34.5 Å². The molecule has 0 amide bonds. The van der Waals surface area contributed by atoms with Crippen molar-refractivity contribution in [1.82, 2.24) is 0 Å². The number of hydrogen-bond donors (Lipinski definition) is 3. The second kappa shape index (κ2) is 4.82. The van der Waals surface area contributed by atoms with E-state index in [4.69, 9.17) is 0 Å². The molecule has 0 saturated heterocycles. The molecular weight excluding hydrogens is 292 g/mol. The fraction of sp³-hybridized carbons (Fsp3) is 0.842. The molecule has 4 saturated carbocycles. The standard InChI is InChI=1S/C19H28O4/c1-10-11-3-4-15-18(2)9-12(20)7-13(17(22)23)14(18)5-6-19(15,8-11)16(10)21/h11-16,20-21H,1,3-9H2,2H3,(H,22,23)/t11?,12?,13?,14?,15?,16-,18?,19?/m0/s1. The Kier molecular flexibility index (Phi) is 3.28. The van der Waals surface area contributed by atoms with Gasteiger partial charge in [0.1, 0.15) is 0 Å². The molecule has 0 aromatic carbocycles. The highest BCUT2D eigenvalue weighted by atomic mass is 16.4. The maximum absolute atomic E-state index is 11.8. The van der Waals surface area contributed by atoms with Crippen molar-refractivity contribution in [2.75, 3.05) is 0 Å². The Balaban J connectivity index is 1.76. The Hall–Kier alpha value is -0.870. The largest absolute Gasteiger partial charge is 0.481 e. The van der Waals surface area contributed by atoms with Crippen LogP contribution < -0.4 is 0 Å². The Morgan fingerprint density at radius 3 is 2.65 bits per heavy atom. The first-order valence-corrected chi connectivity index (χ1v) is 9.07. The van der Waals surface area contributed by atoms with E-state index in [0.717, 1.165) is 37.7 Å². The van der Waals surface area contributed by atoms with Gasteiger partial charge in [0.15, 0.2) is 0 Å². The van der Waals surface area contributed by atoms with Crippen molar-refractivity contribution in [1.29, 1.82) is 0 Å². The minimum absolute atomic E-state index is 0.120. The van der Waals surface area contributed by atoms with Gasteiger partial charge in [0, 0.05) is 5.41 Å². The third-order valence-electron chi connectivity index (χ3n) is 8.11. The average Bonchev–Trinajstić information content (AvgIpc) is 2.66. The number of hydrogen-bond acceptors (Lipinski definition) is 3. The zero-order valence-corrected chi connectivity index (χ0v) is 13.9. The minimum Gasteiger partial charge on any atom is -0.481 e. The summed E-state index contributed by atoms with van der Waals surface area (Å²) in [4.78, 5) is 11.8. The zero-order valence-electron chi connectivity index (χ0n) is 13.9. The van der Waals surface area contributed by atoms with E-state index in [1.807, 2.05) is 0 Å². The summed E-state index contributed by atoms with van der Waals surface area (Å²) in [5.41, 5.74) is 0.696. The van der Waals surface area contributed by atoms with Gasteiger partial charge in [0.2, 0.25) is 0 Å². The maximum atomic E-state index is 11.8. The number of carboxylic acids is 1. The van der Waals surface area contributed by atoms with Gasteiger partial charge < -0.3 is 15.3 Å². The number of aliphatic carboxylic acids is 1. The number of carbonyl (C=O) groups is 1. The predicted molar refractivity (Wildman–Crippen MR) is 85.6 cm³/mol. The highest BCUT2D eigenvalue weighted by molar-refractivity contribution is 5.71. The summed E-state index contributed by atoms with van der Waals surface area (Å²) in [6.45, 7) is 6.35. The summed E-state index contributed by atoms with van der Waals surface area (Å²) in [6.07, 6.45) is 4.94. The minimum atomic E-state index is -0.763. The van der Waals surface area contributed by atoms with Crippen LogP contribution in [0.15, 0.2) is 12.2 Å². The van der Waals surface area contributed by atoms with Crippen molar-refractivity contribution in [2.24, 2.45) is 34.5 Å². The van der Waals surface area contributed by atoms with E-state index in [-0.39, 0.29) is 16.7 Å². The van der Waals surface area contributed by atoms with E-state index < -0.39 is 24.1 Å². The fourth-order valence-electron chi connectivity index (χ4n) is 7.26. The molecule has 4 nitrogen and oxygen atoms in total. The molecule has 7 unspecified atom stereocenters. The van der Waals surface area contributed by atoms with Crippen molar-refractivity contribution in [2.45, 2.75) is 64.1 Å². The van der Waals surface area contributed by atoms with Crippen LogP contribution in [0.3, 0.4) is 0 Å². The first-order valence-electron chi connectivity index (χ1n) is 9.07. The molecule has 4 fully saturated rings. The van der Waals surface area contributed by atoms with E-state index in [9.17, 15) is 20.1 Å².